The van der Waals surface area contributed by atoms with Gasteiger partial charge in [-0.25, -0.2) is 0 Å². The van der Waals surface area contributed by atoms with Gasteiger partial charge in [-0.3, -0.25) is 0 Å². The van der Waals surface area contributed by atoms with Crippen LogP contribution in [-0.2, 0) is 0 Å². The molecule has 1 aliphatic rings. The van der Waals surface area contributed by atoms with Gasteiger partial charge in [-0.15, -0.1) is 0 Å². The van der Waals surface area contributed by atoms with E-state index in [1.165, 1.54) is 44.2 Å². The first kappa shape index (κ1) is 13.1. The number of nitrogens with one attached hydrogen (secondary N) is 1. The van der Waals surface area contributed by atoms with E-state index in [2.05, 4.69) is 52.4 Å². The number of hydrogen-bond acceptors (Lipinski definition) is 1. The van der Waals surface area contributed by atoms with Crippen molar-refractivity contribution in [3.63, 3.8) is 0 Å². The molecule has 94 valence electrons. The molecule has 1 fully saturated rings. The van der Waals surface area contributed by atoms with Gasteiger partial charge >= 0.3 is 0 Å². The molecule has 0 radical (unpaired) electrons. The van der Waals surface area contributed by atoms with Crippen LogP contribution in [0, 0.1) is 5.92 Å². The molecule has 0 amide bonds. The largest absolute Gasteiger partial charge is 0.310 e. The zero-order valence-corrected chi connectivity index (χ0v) is 12.2. The summed E-state index contributed by atoms with van der Waals surface area (Å²) in [7, 11) is 0. The number of halogens is 1. The Bertz CT molecular complexity index is 327. The van der Waals surface area contributed by atoms with Gasteiger partial charge in [-0.2, -0.15) is 0 Å². The van der Waals surface area contributed by atoms with E-state index < -0.39 is 0 Å². The van der Waals surface area contributed by atoms with Crippen LogP contribution < -0.4 is 5.32 Å². The summed E-state index contributed by atoms with van der Waals surface area (Å²) >= 11 is 3.48. The third-order valence-electron chi connectivity index (χ3n) is 3.81. The van der Waals surface area contributed by atoms with Crippen molar-refractivity contribution >= 4 is 15.9 Å². The van der Waals surface area contributed by atoms with E-state index in [0.29, 0.717) is 6.04 Å². The normalized spacial score (nSPS) is 19.2. The van der Waals surface area contributed by atoms with Gasteiger partial charge in [-0.1, -0.05) is 47.3 Å². The van der Waals surface area contributed by atoms with Crippen molar-refractivity contribution in [3.8, 4) is 0 Å². The highest BCUT2D eigenvalue weighted by atomic mass is 79.9. The lowest BCUT2D eigenvalue weighted by Crippen LogP contribution is -2.27. The van der Waals surface area contributed by atoms with E-state index in [-0.39, 0.29) is 0 Å². The highest BCUT2D eigenvalue weighted by Crippen LogP contribution is 2.24. The maximum Gasteiger partial charge on any atom is 0.0291 e. The van der Waals surface area contributed by atoms with Gasteiger partial charge in [-0.05, 0) is 49.9 Å². The second-order valence-electron chi connectivity index (χ2n) is 5.19. The van der Waals surface area contributed by atoms with Gasteiger partial charge in [0.25, 0.3) is 0 Å². The van der Waals surface area contributed by atoms with Gasteiger partial charge in [0, 0.05) is 10.5 Å². The Hall–Kier alpha value is -0.340. The van der Waals surface area contributed by atoms with Crippen molar-refractivity contribution in [2.75, 3.05) is 6.54 Å². The summed E-state index contributed by atoms with van der Waals surface area (Å²) in [5.41, 5.74) is 1.38. The highest BCUT2D eigenvalue weighted by Gasteiger charge is 2.14. The molecule has 0 heterocycles. The average molecular weight is 296 g/mol. The fourth-order valence-corrected chi connectivity index (χ4v) is 2.87. The number of hydrogen-bond donors (Lipinski definition) is 1. The van der Waals surface area contributed by atoms with Gasteiger partial charge in [0.15, 0.2) is 0 Å². The van der Waals surface area contributed by atoms with E-state index in [4.69, 9.17) is 0 Å². The van der Waals surface area contributed by atoms with Crippen LogP contribution in [0.15, 0.2) is 28.7 Å². The molecule has 2 heteroatoms. The Morgan fingerprint density at radius 3 is 2.47 bits per heavy atom. The van der Waals surface area contributed by atoms with Crippen molar-refractivity contribution in [1.82, 2.24) is 5.32 Å². The lowest BCUT2D eigenvalue weighted by Gasteiger charge is -2.24. The second-order valence-corrected chi connectivity index (χ2v) is 6.10. The molecule has 0 aromatic heterocycles. The average Bonchev–Trinajstić information content (AvgIpc) is 2.38. The fraction of sp³-hybridized carbons (Fsp3) is 0.600. The summed E-state index contributed by atoms with van der Waals surface area (Å²) in [5.74, 6) is 0.904. The molecule has 1 aromatic rings. The van der Waals surface area contributed by atoms with Crippen LogP contribution in [0.3, 0.4) is 0 Å². The third kappa shape index (κ3) is 4.11. The van der Waals surface area contributed by atoms with Crippen LogP contribution in [0.4, 0.5) is 0 Å². The lowest BCUT2D eigenvalue weighted by atomic mass is 9.89. The van der Waals surface area contributed by atoms with Crippen molar-refractivity contribution in [2.45, 2.75) is 45.1 Å². The second kappa shape index (κ2) is 6.55. The first-order valence-electron chi connectivity index (χ1n) is 6.74. The third-order valence-corrected chi connectivity index (χ3v) is 4.34. The molecule has 1 aromatic carbocycles. The van der Waals surface area contributed by atoms with Crippen LogP contribution in [0.2, 0.25) is 0 Å². The summed E-state index contributed by atoms with van der Waals surface area (Å²) in [6.07, 6.45) is 7.14. The van der Waals surface area contributed by atoms with Crippen molar-refractivity contribution < 1.29 is 0 Å². The quantitative estimate of drug-likeness (QED) is 0.850. The smallest absolute Gasteiger partial charge is 0.0291 e. The molecule has 1 unspecified atom stereocenters. The number of benzene rings is 1. The van der Waals surface area contributed by atoms with E-state index in [0.717, 1.165) is 10.4 Å². The van der Waals surface area contributed by atoms with Crippen LogP contribution in [0.25, 0.3) is 0 Å². The zero-order valence-electron chi connectivity index (χ0n) is 10.6. The molecule has 1 atom stereocenters. The molecule has 0 aliphatic heterocycles. The predicted octanol–water partition coefficient (Wildman–Crippen LogP) is 4.68. The van der Waals surface area contributed by atoms with Crippen LogP contribution in [0.5, 0.6) is 0 Å². The van der Waals surface area contributed by atoms with Gasteiger partial charge in [0.1, 0.15) is 0 Å². The van der Waals surface area contributed by atoms with Crippen molar-refractivity contribution in [1.29, 1.82) is 0 Å². The Morgan fingerprint density at radius 2 is 1.82 bits per heavy atom. The molecule has 1 nitrogen and oxygen atoms in total. The Balaban J connectivity index is 1.80. The van der Waals surface area contributed by atoms with E-state index in [1.807, 2.05) is 0 Å². The summed E-state index contributed by atoms with van der Waals surface area (Å²) in [4.78, 5) is 0. The summed E-state index contributed by atoms with van der Waals surface area (Å²) in [5, 5.41) is 3.67. The Kier molecular flexibility index (Phi) is 5.05. The molecular formula is C15H22BrN. The predicted molar refractivity (Wildman–Crippen MR) is 77.1 cm³/mol. The van der Waals surface area contributed by atoms with Crippen LogP contribution in [-0.4, -0.2) is 6.54 Å². The molecule has 0 saturated heterocycles. The summed E-state index contributed by atoms with van der Waals surface area (Å²) in [6.45, 7) is 3.43. The van der Waals surface area contributed by atoms with Crippen LogP contribution in [0.1, 0.15) is 50.6 Å². The molecule has 0 bridgehead atoms. The summed E-state index contributed by atoms with van der Waals surface area (Å²) < 4.78 is 1.15. The minimum Gasteiger partial charge on any atom is -0.310 e. The maximum atomic E-state index is 3.67. The van der Waals surface area contributed by atoms with E-state index in [9.17, 15) is 0 Å². The first-order valence-corrected chi connectivity index (χ1v) is 7.54. The maximum absolute atomic E-state index is 3.67. The Morgan fingerprint density at radius 1 is 1.18 bits per heavy atom. The highest BCUT2D eigenvalue weighted by molar-refractivity contribution is 9.10. The molecule has 1 aliphatic carbocycles. The molecule has 2 rings (SSSR count). The van der Waals surface area contributed by atoms with Gasteiger partial charge < -0.3 is 5.32 Å². The standard InChI is InChI=1S/C15H22BrN/c1-12(14-7-9-15(16)10-8-14)17-11-13-5-3-2-4-6-13/h7-10,12-13,17H,2-6,11H2,1H3. The molecule has 1 N–H and O–H groups in total. The van der Waals surface area contributed by atoms with E-state index >= 15 is 0 Å². The van der Waals surface area contributed by atoms with Crippen molar-refractivity contribution in [3.05, 3.63) is 34.3 Å². The van der Waals surface area contributed by atoms with Gasteiger partial charge in [0.05, 0.1) is 0 Å². The van der Waals surface area contributed by atoms with E-state index in [1.54, 1.807) is 0 Å². The molecule has 17 heavy (non-hydrogen) atoms. The van der Waals surface area contributed by atoms with Crippen molar-refractivity contribution in [2.24, 2.45) is 5.92 Å². The number of rotatable bonds is 4. The monoisotopic (exact) mass is 295 g/mol. The topological polar surface area (TPSA) is 12.0 Å². The minimum absolute atomic E-state index is 0.463. The summed E-state index contributed by atoms with van der Waals surface area (Å²) in [6, 6.07) is 9.10. The minimum atomic E-state index is 0.463. The SMILES string of the molecule is CC(NCC1CCCCC1)c1ccc(Br)cc1. The molecular weight excluding hydrogens is 274 g/mol. The Labute approximate surface area is 113 Å². The molecule has 0 spiro atoms. The van der Waals surface area contributed by atoms with Gasteiger partial charge in [0.2, 0.25) is 0 Å². The fourth-order valence-electron chi connectivity index (χ4n) is 2.60. The first-order chi connectivity index (χ1) is 8.25. The molecule has 1 saturated carbocycles. The van der Waals surface area contributed by atoms with Crippen LogP contribution >= 0.6 is 15.9 Å². The zero-order chi connectivity index (χ0) is 12.1. The lowest BCUT2D eigenvalue weighted by molar-refractivity contribution is 0.331.